The van der Waals surface area contributed by atoms with Crippen molar-refractivity contribution in [3.63, 3.8) is 0 Å². The smallest absolute Gasteiger partial charge is 0.220 e. The van der Waals surface area contributed by atoms with Crippen LogP contribution >= 0.6 is 0 Å². The lowest BCUT2D eigenvalue weighted by Gasteiger charge is -2.30. The fourth-order valence-electron chi connectivity index (χ4n) is 4.79. The first-order valence-corrected chi connectivity index (χ1v) is 11.7. The van der Waals surface area contributed by atoms with Gasteiger partial charge in [0.25, 0.3) is 0 Å². The van der Waals surface area contributed by atoms with Crippen molar-refractivity contribution in [2.24, 2.45) is 11.8 Å². The number of ether oxygens (including phenoxy) is 2. The average Bonchev–Trinajstić information content (AvgIpc) is 3.37. The number of hydrogen-bond donors (Lipinski definition) is 2. The Morgan fingerprint density at radius 3 is 2.67 bits per heavy atom. The number of aliphatic hydroxyl groups is 1. The standard InChI is InChI=1S/C24H36N2O4.H2/c1-2-3-4-5-6-7-23(27)25-20(16-26-14-18-12-19(18)15-26)24(28)17-8-9-21-22(13-17)30-11-10-29-21;/h8-9,13,18-20,24,28H,2-7,10-12,14-16H2,1H3,(H,25,27);1H/t18?,19?,20-,24+;/m1./s1. The highest BCUT2D eigenvalue weighted by Crippen LogP contribution is 2.45. The van der Waals surface area contributed by atoms with Gasteiger partial charge in [-0.05, 0) is 42.4 Å². The van der Waals surface area contributed by atoms with Gasteiger partial charge < -0.3 is 24.8 Å². The average molecular weight is 419 g/mol. The van der Waals surface area contributed by atoms with Gasteiger partial charge in [0.05, 0.1) is 6.04 Å². The monoisotopic (exact) mass is 418 g/mol. The number of carbonyl (C=O) groups is 1. The molecule has 1 aromatic carbocycles. The minimum atomic E-state index is -0.776. The molecule has 2 unspecified atom stereocenters. The number of hydrogen-bond acceptors (Lipinski definition) is 5. The molecule has 1 aromatic rings. The number of unbranched alkanes of at least 4 members (excludes halogenated alkanes) is 4. The highest BCUT2D eigenvalue weighted by atomic mass is 16.6. The third-order valence-electron chi connectivity index (χ3n) is 6.65. The maximum atomic E-state index is 12.6. The molecule has 1 amide bonds. The van der Waals surface area contributed by atoms with Crippen molar-refractivity contribution >= 4 is 5.91 Å². The van der Waals surface area contributed by atoms with Crippen molar-refractivity contribution in [3.05, 3.63) is 23.8 Å². The summed E-state index contributed by atoms with van der Waals surface area (Å²) >= 11 is 0. The molecule has 6 nitrogen and oxygen atoms in total. The number of likely N-dealkylation sites (tertiary alicyclic amines) is 1. The van der Waals surface area contributed by atoms with Gasteiger partial charge in [0, 0.05) is 27.5 Å². The Morgan fingerprint density at radius 2 is 1.90 bits per heavy atom. The summed E-state index contributed by atoms with van der Waals surface area (Å²) in [6.07, 6.45) is 6.71. The van der Waals surface area contributed by atoms with E-state index in [4.69, 9.17) is 9.47 Å². The van der Waals surface area contributed by atoms with Crippen LogP contribution in [-0.4, -0.2) is 54.8 Å². The molecule has 2 heterocycles. The summed E-state index contributed by atoms with van der Waals surface area (Å²) in [5.41, 5.74) is 0.761. The van der Waals surface area contributed by atoms with Crippen LogP contribution in [-0.2, 0) is 4.79 Å². The Balaban J connectivity index is 0.00000272. The van der Waals surface area contributed by atoms with E-state index >= 15 is 0 Å². The Kier molecular flexibility index (Phi) is 7.16. The lowest BCUT2D eigenvalue weighted by Crippen LogP contribution is -2.47. The van der Waals surface area contributed by atoms with Gasteiger partial charge in [0.1, 0.15) is 19.3 Å². The van der Waals surface area contributed by atoms with E-state index in [1.165, 1.54) is 25.7 Å². The molecule has 30 heavy (non-hydrogen) atoms. The van der Waals surface area contributed by atoms with Crippen LogP contribution in [0, 0.1) is 11.8 Å². The molecule has 4 atom stereocenters. The fraction of sp³-hybridized carbons (Fsp3) is 0.708. The number of benzene rings is 1. The SMILES string of the molecule is CCCCCCCC(=O)N[C@H](CN1CC2CC2C1)[C@@H](O)c1ccc2c(c1)OCCO2.[HH]. The number of carbonyl (C=O) groups excluding carboxylic acids is 1. The molecule has 0 aromatic heterocycles. The maximum Gasteiger partial charge on any atom is 0.220 e. The summed E-state index contributed by atoms with van der Waals surface area (Å²) in [5.74, 6) is 3.07. The zero-order valence-corrected chi connectivity index (χ0v) is 18.1. The molecule has 0 bridgehead atoms. The lowest BCUT2D eigenvalue weighted by molar-refractivity contribution is -0.123. The zero-order valence-electron chi connectivity index (χ0n) is 18.1. The van der Waals surface area contributed by atoms with E-state index in [1.807, 2.05) is 18.2 Å². The number of amides is 1. The minimum absolute atomic E-state index is 0. The van der Waals surface area contributed by atoms with Crippen LogP contribution in [0.2, 0.25) is 0 Å². The van der Waals surface area contributed by atoms with Gasteiger partial charge in [-0.3, -0.25) is 4.79 Å². The Hall–Kier alpha value is -1.79. The third-order valence-corrected chi connectivity index (χ3v) is 6.65. The fourth-order valence-corrected chi connectivity index (χ4v) is 4.79. The normalized spacial score (nSPS) is 24.2. The molecule has 168 valence electrons. The van der Waals surface area contributed by atoms with Gasteiger partial charge in [-0.1, -0.05) is 38.7 Å². The molecular weight excluding hydrogens is 380 g/mol. The van der Waals surface area contributed by atoms with Crippen LogP contribution in [0.15, 0.2) is 18.2 Å². The maximum absolute atomic E-state index is 12.6. The van der Waals surface area contributed by atoms with Gasteiger partial charge in [-0.25, -0.2) is 0 Å². The molecule has 4 rings (SSSR count). The van der Waals surface area contributed by atoms with E-state index in [2.05, 4.69) is 17.1 Å². The van der Waals surface area contributed by atoms with E-state index in [0.29, 0.717) is 37.7 Å². The van der Waals surface area contributed by atoms with Gasteiger partial charge >= 0.3 is 0 Å². The van der Waals surface area contributed by atoms with Gasteiger partial charge in [-0.15, -0.1) is 0 Å². The quantitative estimate of drug-likeness (QED) is 0.538. The summed E-state index contributed by atoms with van der Waals surface area (Å²) in [4.78, 5) is 15.0. The molecule has 2 N–H and O–H groups in total. The van der Waals surface area contributed by atoms with Gasteiger partial charge in [0.15, 0.2) is 11.5 Å². The van der Waals surface area contributed by atoms with Crippen LogP contribution in [0.3, 0.4) is 0 Å². The molecule has 1 saturated heterocycles. The third kappa shape index (κ3) is 5.46. The molecule has 0 radical (unpaired) electrons. The topological polar surface area (TPSA) is 71.0 Å². The summed E-state index contributed by atoms with van der Waals surface area (Å²) < 4.78 is 11.3. The molecule has 0 spiro atoms. The van der Waals surface area contributed by atoms with Crippen molar-refractivity contribution in [3.8, 4) is 11.5 Å². The van der Waals surface area contributed by atoms with E-state index in [9.17, 15) is 9.90 Å². The van der Waals surface area contributed by atoms with Crippen LogP contribution in [0.1, 0.15) is 65.0 Å². The summed E-state index contributed by atoms with van der Waals surface area (Å²) in [6.45, 7) is 6.11. The molecule has 6 heteroatoms. The highest BCUT2D eigenvalue weighted by Gasteiger charge is 2.45. The second kappa shape index (κ2) is 10.0. The summed E-state index contributed by atoms with van der Waals surface area (Å²) in [5, 5.41) is 14.3. The van der Waals surface area contributed by atoms with Crippen molar-refractivity contribution in [1.29, 1.82) is 0 Å². The highest BCUT2D eigenvalue weighted by molar-refractivity contribution is 5.76. The van der Waals surface area contributed by atoms with Crippen LogP contribution in [0.25, 0.3) is 0 Å². The van der Waals surface area contributed by atoms with Crippen LogP contribution in [0.4, 0.5) is 0 Å². The van der Waals surface area contributed by atoms with Crippen molar-refractivity contribution in [1.82, 2.24) is 10.2 Å². The number of fused-ring (bicyclic) bond motifs is 2. The van der Waals surface area contributed by atoms with Crippen LogP contribution < -0.4 is 14.8 Å². The van der Waals surface area contributed by atoms with Gasteiger partial charge in [0.2, 0.25) is 5.91 Å². The van der Waals surface area contributed by atoms with E-state index in [1.54, 1.807) is 0 Å². The van der Waals surface area contributed by atoms with Crippen molar-refractivity contribution in [2.45, 2.75) is 64.0 Å². The number of rotatable bonds is 11. The first-order chi connectivity index (χ1) is 14.6. The first kappa shape index (κ1) is 21.4. The van der Waals surface area contributed by atoms with Gasteiger partial charge in [-0.2, -0.15) is 0 Å². The van der Waals surface area contributed by atoms with Crippen LogP contribution in [0.5, 0.6) is 11.5 Å². The number of aliphatic hydroxyl groups excluding tert-OH is 1. The number of nitrogens with zero attached hydrogens (tertiary/aromatic N) is 1. The van der Waals surface area contributed by atoms with Crippen molar-refractivity contribution in [2.75, 3.05) is 32.8 Å². The molecule has 3 aliphatic rings. The van der Waals surface area contributed by atoms with Crippen molar-refractivity contribution < 1.29 is 20.8 Å². The second-order valence-corrected chi connectivity index (χ2v) is 9.16. The van der Waals surface area contributed by atoms with E-state index < -0.39 is 6.10 Å². The number of nitrogens with one attached hydrogen (secondary N) is 1. The molecule has 2 fully saturated rings. The Bertz CT molecular complexity index is 722. The number of piperidine rings is 1. The Morgan fingerprint density at radius 1 is 1.17 bits per heavy atom. The molecule has 1 aliphatic carbocycles. The van der Waals surface area contributed by atoms with E-state index in [-0.39, 0.29) is 13.4 Å². The summed E-state index contributed by atoms with van der Waals surface area (Å²) in [7, 11) is 0. The predicted octanol–water partition coefficient (Wildman–Crippen LogP) is 3.53. The zero-order chi connectivity index (χ0) is 20.9. The largest absolute Gasteiger partial charge is 0.486 e. The summed E-state index contributed by atoms with van der Waals surface area (Å²) in [6, 6.07) is 5.26. The Labute approximate surface area is 181 Å². The van der Waals surface area contributed by atoms with E-state index in [0.717, 1.165) is 43.3 Å². The lowest BCUT2D eigenvalue weighted by atomic mass is 10.00. The predicted molar refractivity (Wildman–Crippen MR) is 118 cm³/mol. The second-order valence-electron chi connectivity index (χ2n) is 9.16. The first-order valence-electron chi connectivity index (χ1n) is 11.7. The molecule has 1 saturated carbocycles. The molecular formula is C24H38N2O4. The molecule has 2 aliphatic heterocycles. The minimum Gasteiger partial charge on any atom is -0.486 e.